The summed E-state index contributed by atoms with van der Waals surface area (Å²) in [5.41, 5.74) is 6.61. The quantitative estimate of drug-likeness (QED) is 0.787. The zero-order valence-electron chi connectivity index (χ0n) is 8.91. The fraction of sp³-hybridized carbons (Fsp3) is 0.545. The predicted octanol–water partition coefficient (Wildman–Crippen LogP) is 2.55. The average Bonchev–Trinajstić information content (AvgIpc) is 2.70. The summed E-state index contributed by atoms with van der Waals surface area (Å²) in [4.78, 5) is 6.52. The minimum Gasteiger partial charge on any atom is -0.396 e. The first kappa shape index (κ1) is 10.6. The predicted molar refractivity (Wildman–Crippen MR) is 64.3 cm³/mol. The molecule has 1 saturated heterocycles. The molecule has 1 aromatic rings. The van der Waals surface area contributed by atoms with Crippen molar-refractivity contribution in [1.82, 2.24) is 4.98 Å². The van der Waals surface area contributed by atoms with Crippen LogP contribution in [0.4, 0.5) is 11.5 Å². The molecule has 0 aliphatic carbocycles. The number of nitrogens with two attached hydrogens (primary N) is 1. The topological polar surface area (TPSA) is 42.2 Å². The maximum absolute atomic E-state index is 5.89. The second-order valence-electron chi connectivity index (χ2n) is 4.06. The van der Waals surface area contributed by atoms with Crippen molar-refractivity contribution in [1.29, 1.82) is 0 Å². The largest absolute Gasteiger partial charge is 0.396 e. The molecule has 0 bridgehead atoms. The number of hydrogen-bond acceptors (Lipinski definition) is 3. The monoisotopic (exact) mass is 225 g/mol. The van der Waals surface area contributed by atoms with E-state index in [1.165, 1.54) is 12.8 Å². The van der Waals surface area contributed by atoms with Crippen molar-refractivity contribution in [2.24, 2.45) is 5.92 Å². The lowest BCUT2D eigenvalue weighted by atomic mass is 10.1. The summed E-state index contributed by atoms with van der Waals surface area (Å²) in [5.74, 6) is 1.61. The molecule has 82 valence electrons. The molecule has 0 spiro atoms. The molecular weight excluding hydrogens is 210 g/mol. The number of halogens is 1. The standard InChI is InChI=1S/C11H16ClN3/c1-2-8-5-6-15(7-8)11-9(13)3-4-10(12)14-11/h3-4,8H,2,5-7,13H2,1H3. The number of rotatable bonds is 2. The molecule has 15 heavy (non-hydrogen) atoms. The fourth-order valence-electron chi connectivity index (χ4n) is 2.05. The number of anilines is 2. The molecule has 0 aromatic carbocycles. The van der Waals surface area contributed by atoms with E-state index in [2.05, 4.69) is 16.8 Å². The molecule has 4 heteroatoms. The van der Waals surface area contributed by atoms with E-state index in [4.69, 9.17) is 17.3 Å². The summed E-state index contributed by atoms with van der Waals surface area (Å²) in [6.45, 7) is 4.31. The lowest BCUT2D eigenvalue weighted by Crippen LogP contribution is -2.22. The first-order chi connectivity index (χ1) is 7.20. The number of pyridine rings is 1. The van der Waals surface area contributed by atoms with Crippen LogP contribution in [0.5, 0.6) is 0 Å². The van der Waals surface area contributed by atoms with Crippen LogP contribution in [0.3, 0.4) is 0 Å². The van der Waals surface area contributed by atoms with Crippen LogP contribution in [0.2, 0.25) is 5.15 Å². The van der Waals surface area contributed by atoms with Gasteiger partial charge in [-0.2, -0.15) is 0 Å². The summed E-state index contributed by atoms with van der Waals surface area (Å²) < 4.78 is 0. The second-order valence-corrected chi connectivity index (χ2v) is 4.44. The molecule has 2 N–H and O–H groups in total. The molecular formula is C11H16ClN3. The van der Waals surface area contributed by atoms with Gasteiger partial charge in [-0.05, 0) is 24.5 Å². The SMILES string of the molecule is CCC1CCN(c2nc(Cl)ccc2N)C1. The third-order valence-electron chi connectivity index (χ3n) is 3.03. The Hall–Kier alpha value is -0.960. The fourth-order valence-corrected chi connectivity index (χ4v) is 2.19. The van der Waals surface area contributed by atoms with Gasteiger partial charge in [-0.25, -0.2) is 4.98 Å². The van der Waals surface area contributed by atoms with Gasteiger partial charge in [-0.15, -0.1) is 0 Å². The Balaban J connectivity index is 2.19. The van der Waals surface area contributed by atoms with Crippen LogP contribution in [-0.2, 0) is 0 Å². The van der Waals surface area contributed by atoms with Crippen LogP contribution in [0.15, 0.2) is 12.1 Å². The first-order valence-corrected chi connectivity index (χ1v) is 5.75. The van der Waals surface area contributed by atoms with Gasteiger partial charge in [-0.1, -0.05) is 24.9 Å². The lowest BCUT2D eigenvalue weighted by molar-refractivity contribution is 0.569. The number of hydrogen-bond donors (Lipinski definition) is 1. The zero-order valence-corrected chi connectivity index (χ0v) is 9.67. The Morgan fingerprint density at radius 3 is 3.07 bits per heavy atom. The minimum atomic E-state index is 0.513. The average molecular weight is 226 g/mol. The highest BCUT2D eigenvalue weighted by Gasteiger charge is 2.23. The summed E-state index contributed by atoms with van der Waals surface area (Å²) in [7, 11) is 0. The highest BCUT2D eigenvalue weighted by atomic mass is 35.5. The van der Waals surface area contributed by atoms with Crippen molar-refractivity contribution in [3.63, 3.8) is 0 Å². The van der Waals surface area contributed by atoms with Gasteiger partial charge in [0, 0.05) is 13.1 Å². The Labute approximate surface area is 95.2 Å². The van der Waals surface area contributed by atoms with E-state index in [0.717, 1.165) is 30.5 Å². The first-order valence-electron chi connectivity index (χ1n) is 5.37. The lowest BCUT2D eigenvalue weighted by Gasteiger charge is -2.19. The molecule has 3 nitrogen and oxygen atoms in total. The third-order valence-corrected chi connectivity index (χ3v) is 3.24. The normalized spacial score (nSPS) is 20.9. The molecule has 1 unspecified atom stereocenters. The van der Waals surface area contributed by atoms with E-state index in [1.54, 1.807) is 6.07 Å². The van der Waals surface area contributed by atoms with Crippen molar-refractivity contribution < 1.29 is 0 Å². The van der Waals surface area contributed by atoms with E-state index in [0.29, 0.717) is 5.15 Å². The number of nitrogens with zero attached hydrogens (tertiary/aromatic N) is 2. The van der Waals surface area contributed by atoms with E-state index < -0.39 is 0 Å². The molecule has 2 heterocycles. The van der Waals surface area contributed by atoms with Gasteiger partial charge in [0.2, 0.25) is 0 Å². The van der Waals surface area contributed by atoms with Crippen molar-refractivity contribution >= 4 is 23.1 Å². The van der Waals surface area contributed by atoms with Gasteiger partial charge in [0.1, 0.15) is 5.15 Å². The molecule has 1 aliphatic heterocycles. The molecule has 2 rings (SSSR count). The number of aromatic nitrogens is 1. The maximum atomic E-state index is 5.89. The van der Waals surface area contributed by atoms with E-state index in [9.17, 15) is 0 Å². The molecule has 1 aromatic heterocycles. The maximum Gasteiger partial charge on any atom is 0.153 e. The van der Waals surface area contributed by atoms with Gasteiger partial charge in [-0.3, -0.25) is 0 Å². The molecule has 1 fully saturated rings. The van der Waals surface area contributed by atoms with Crippen molar-refractivity contribution in [3.8, 4) is 0 Å². The smallest absolute Gasteiger partial charge is 0.153 e. The Kier molecular flexibility index (Phi) is 3.00. The molecule has 1 aliphatic rings. The van der Waals surface area contributed by atoms with Crippen molar-refractivity contribution in [2.45, 2.75) is 19.8 Å². The third kappa shape index (κ3) is 2.17. The van der Waals surface area contributed by atoms with Gasteiger partial charge < -0.3 is 10.6 Å². The minimum absolute atomic E-state index is 0.513. The van der Waals surface area contributed by atoms with Gasteiger partial charge >= 0.3 is 0 Å². The van der Waals surface area contributed by atoms with Crippen LogP contribution in [-0.4, -0.2) is 18.1 Å². The zero-order chi connectivity index (χ0) is 10.8. The molecule has 0 saturated carbocycles. The van der Waals surface area contributed by atoms with Crippen LogP contribution in [0, 0.1) is 5.92 Å². The molecule has 0 radical (unpaired) electrons. The molecule has 0 amide bonds. The Morgan fingerprint density at radius 1 is 1.60 bits per heavy atom. The highest BCUT2D eigenvalue weighted by Crippen LogP contribution is 2.29. The number of nitrogen functional groups attached to an aromatic ring is 1. The summed E-state index contributed by atoms with van der Waals surface area (Å²) >= 11 is 5.87. The summed E-state index contributed by atoms with van der Waals surface area (Å²) in [6, 6.07) is 3.55. The van der Waals surface area contributed by atoms with Crippen LogP contribution in [0.1, 0.15) is 19.8 Å². The second kappa shape index (κ2) is 4.27. The summed E-state index contributed by atoms with van der Waals surface area (Å²) in [6.07, 6.45) is 2.45. The Bertz CT molecular complexity index is 354. The molecule has 1 atom stereocenters. The van der Waals surface area contributed by atoms with E-state index in [1.807, 2.05) is 6.07 Å². The van der Waals surface area contributed by atoms with Crippen LogP contribution < -0.4 is 10.6 Å². The van der Waals surface area contributed by atoms with Gasteiger partial charge in [0.05, 0.1) is 5.69 Å². The highest BCUT2D eigenvalue weighted by molar-refractivity contribution is 6.29. The van der Waals surface area contributed by atoms with Crippen LogP contribution in [0.25, 0.3) is 0 Å². The van der Waals surface area contributed by atoms with Gasteiger partial charge in [0.25, 0.3) is 0 Å². The Morgan fingerprint density at radius 2 is 2.40 bits per heavy atom. The van der Waals surface area contributed by atoms with Crippen LogP contribution >= 0.6 is 11.6 Å². The van der Waals surface area contributed by atoms with Gasteiger partial charge in [0.15, 0.2) is 5.82 Å². The van der Waals surface area contributed by atoms with Crippen molar-refractivity contribution in [3.05, 3.63) is 17.3 Å². The summed E-state index contributed by atoms with van der Waals surface area (Å²) in [5, 5.41) is 0.513. The van der Waals surface area contributed by atoms with E-state index >= 15 is 0 Å². The van der Waals surface area contributed by atoms with E-state index in [-0.39, 0.29) is 0 Å². The van der Waals surface area contributed by atoms with Crippen molar-refractivity contribution in [2.75, 3.05) is 23.7 Å².